The smallest absolute Gasteiger partial charge is 0 e. The maximum atomic E-state index is 8.89. The summed E-state index contributed by atoms with van der Waals surface area (Å²) in [5.41, 5.74) is 8.36. The molecule has 8 rings (SSSR count). The van der Waals surface area contributed by atoms with Crippen molar-refractivity contribution in [1.82, 2.24) is 15.0 Å². The first-order valence-electron chi connectivity index (χ1n) is 20.3. The Kier molecular flexibility index (Phi) is 9.60. The summed E-state index contributed by atoms with van der Waals surface area (Å²) in [6.07, 6.45) is 1.88. The van der Waals surface area contributed by atoms with E-state index in [1.54, 1.807) is 42.7 Å². The fourth-order valence-electron chi connectivity index (χ4n) is 6.03. The molecule has 0 atom stereocenters. The van der Waals surface area contributed by atoms with Gasteiger partial charge in [-0.1, -0.05) is 66.8 Å². The van der Waals surface area contributed by atoms with Crippen LogP contribution in [0.2, 0.25) is 17.3 Å². The van der Waals surface area contributed by atoms with Gasteiger partial charge < -0.3 is 9.40 Å². The SMILES string of the molecule is [2H]C(C)(C)c1ccnc(-c2[c-]ccc3c2oc2nc(-c4ccccc4)ccc23)c1.[2H]C([2H])([2H])c1c[c-]c(-c2cc(C([2H])([2H])c3ccccc3)[c]([Ge]([CH3])([CH3])[CH3])cn2)cc1.[Ir]. The number of rotatable bonds is 7. The molecule has 0 aliphatic heterocycles. The molecule has 4 heterocycles. The minimum absolute atomic E-state index is 0. The molecule has 6 heteroatoms. The van der Waals surface area contributed by atoms with Crippen molar-refractivity contribution in [1.29, 1.82) is 0 Å². The predicted molar refractivity (Wildman–Crippen MR) is 219 cm³/mol. The van der Waals surface area contributed by atoms with Crippen molar-refractivity contribution in [2.75, 3.05) is 0 Å². The van der Waals surface area contributed by atoms with E-state index < -0.39 is 32.4 Å². The molecule has 0 unspecified atom stereocenters. The van der Waals surface area contributed by atoms with Crippen molar-refractivity contribution in [3.63, 3.8) is 0 Å². The summed E-state index contributed by atoms with van der Waals surface area (Å²) in [5, 5.41) is 1.95. The van der Waals surface area contributed by atoms with Crippen LogP contribution in [0.3, 0.4) is 0 Å². The van der Waals surface area contributed by atoms with Gasteiger partial charge in [-0.25, -0.2) is 4.98 Å². The van der Waals surface area contributed by atoms with Crippen LogP contribution in [0.15, 0.2) is 138 Å². The van der Waals surface area contributed by atoms with Crippen LogP contribution < -0.4 is 4.40 Å². The van der Waals surface area contributed by atoms with E-state index in [4.69, 9.17) is 17.6 Å². The summed E-state index contributed by atoms with van der Waals surface area (Å²) in [7, 11) is 0. The van der Waals surface area contributed by atoms with Crippen LogP contribution in [0.4, 0.5) is 0 Å². The Balaban J connectivity index is 0.000000195. The van der Waals surface area contributed by atoms with Gasteiger partial charge in [0.15, 0.2) is 0 Å². The molecule has 0 aliphatic carbocycles. The summed E-state index contributed by atoms with van der Waals surface area (Å²) >= 11 is -2.42. The molecule has 0 bridgehead atoms. The standard InChI is InChI=1S/C25H19N2O.C22H24GeN.Ir/c1-16(2)18-13-14-26-23(15-18)21-10-6-9-19-20-11-12-22(17-7-4-3-5-8-17)27-25(20)28-24(19)21;1-17-10-12-19(13-11-17)22-15-20(14-18-8-6-5-7-9-18)21(16-24-22)23(2,3)4;/h3-9,11-16H,1-2H3;5-12,15-16H,14H2,1-4H3;/q2*-1;/i16D;1D3,14D2;. The van der Waals surface area contributed by atoms with E-state index in [0.717, 1.165) is 43.2 Å². The topological polar surface area (TPSA) is 51.8 Å². The first kappa shape index (κ1) is 30.7. The molecule has 0 spiro atoms. The molecule has 8 aromatic rings. The molecule has 267 valence electrons. The Morgan fingerprint density at radius 2 is 1.58 bits per heavy atom. The number of furan rings is 1. The molecule has 4 aromatic heterocycles. The van der Waals surface area contributed by atoms with Gasteiger partial charge in [0.2, 0.25) is 5.71 Å². The molecule has 1 radical (unpaired) electrons. The van der Waals surface area contributed by atoms with Gasteiger partial charge in [0.25, 0.3) is 0 Å². The number of benzene rings is 4. The van der Waals surface area contributed by atoms with E-state index in [-0.39, 0.29) is 25.7 Å². The number of pyridine rings is 3. The third kappa shape index (κ3) is 8.76. The molecule has 0 saturated heterocycles. The summed E-state index contributed by atoms with van der Waals surface area (Å²) in [5.74, 6) is 5.96. The predicted octanol–water partition coefficient (Wildman–Crippen LogP) is 11.6. The Bertz CT molecular complexity index is 2710. The second kappa shape index (κ2) is 16.6. The van der Waals surface area contributed by atoms with Crippen LogP contribution in [0.5, 0.6) is 0 Å². The van der Waals surface area contributed by atoms with Crippen molar-refractivity contribution in [2.45, 2.75) is 50.2 Å². The molecule has 0 amide bonds. The van der Waals surface area contributed by atoms with Crippen LogP contribution in [0.25, 0.3) is 55.8 Å². The Labute approximate surface area is 337 Å². The number of hydrogen-bond acceptors (Lipinski definition) is 4. The summed E-state index contributed by atoms with van der Waals surface area (Å²) in [6, 6.07) is 43.8. The zero-order valence-electron chi connectivity index (χ0n) is 36.3. The minimum Gasteiger partial charge on any atom is 0 e. The van der Waals surface area contributed by atoms with Gasteiger partial charge >= 0.3 is 155 Å². The molecule has 0 aliphatic rings. The van der Waals surface area contributed by atoms with Crippen LogP contribution in [-0.2, 0) is 26.5 Å². The number of aromatic nitrogens is 3. The average Bonchev–Trinajstić information content (AvgIpc) is 3.59. The normalized spacial score (nSPS) is 13.7. The van der Waals surface area contributed by atoms with E-state index in [1.165, 1.54) is 6.07 Å². The van der Waals surface area contributed by atoms with Gasteiger partial charge in [0, 0.05) is 38.6 Å². The van der Waals surface area contributed by atoms with Gasteiger partial charge in [0.1, 0.15) is 0 Å². The number of aryl methyl sites for hydroxylation is 1. The Hall–Kier alpha value is -4.68. The average molecular weight is 937 g/mol. The van der Waals surface area contributed by atoms with Crippen LogP contribution in [0, 0.1) is 19.0 Å². The molecule has 0 saturated carbocycles. The van der Waals surface area contributed by atoms with Crippen molar-refractivity contribution >= 4 is 39.7 Å². The summed E-state index contributed by atoms with van der Waals surface area (Å²) in [6.45, 7) is 1.56. The van der Waals surface area contributed by atoms with Gasteiger partial charge in [-0.3, -0.25) is 0 Å². The third-order valence-corrected chi connectivity index (χ3v) is 13.0. The van der Waals surface area contributed by atoms with Crippen LogP contribution >= 0.6 is 0 Å². The molecule has 4 aromatic carbocycles. The van der Waals surface area contributed by atoms with Crippen molar-refractivity contribution in [3.8, 4) is 33.8 Å². The van der Waals surface area contributed by atoms with E-state index in [1.807, 2.05) is 92.7 Å². The van der Waals surface area contributed by atoms with E-state index in [0.29, 0.717) is 33.7 Å². The van der Waals surface area contributed by atoms with Gasteiger partial charge in [-0.2, -0.15) is 0 Å². The number of nitrogens with zero attached hydrogens (tertiary/aromatic N) is 3. The fourth-order valence-corrected chi connectivity index (χ4v) is 8.95. The monoisotopic (exact) mass is 938 g/mol. The van der Waals surface area contributed by atoms with Gasteiger partial charge in [0.05, 0.1) is 11.3 Å². The maximum absolute atomic E-state index is 8.89. The Morgan fingerprint density at radius 3 is 2.28 bits per heavy atom. The molecule has 0 N–H and O–H groups in total. The van der Waals surface area contributed by atoms with Gasteiger partial charge in [-0.15, -0.1) is 18.2 Å². The van der Waals surface area contributed by atoms with E-state index >= 15 is 0 Å². The molecular formula is C47H43GeIrN3O-2. The number of hydrogen-bond donors (Lipinski definition) is 0. The second-order valence-corrected chi connectivity index (χ2v) is 24.5. The maximum Gasteiger partial charge on any atom is 0 e. The van der Waals surface area contributed by atoms with Crippen LogP contribution in [-0.4, -0.2) is 28.2 Å². The molecular weight excluding hydrogens is 887 g/mol. The molecule has 4 nitrogen and oxygen atoms in total. The zero-order valence-corrected chi connectivity index (χ0v) is 34.8. The molecule has 53 heavy (non-hydrogen) atoms. The second-order valence-electron chi connectivity index (χ2n) is 13.9. The first-order valence-corrected chi connectivity index (χ1v) is 24.6. The minimum atomic E-state index is -2.42. The Morgan fingerprint density at radius 1 is 0.811 bits per heavy atom. The summed E-state index contributed by atoms with van der Waals surface area (Å²) < 4.78 is 55.8. The first-order chi connectivity index (χ1) is 27.4. The third-order valence-electron chi connectivity index (χ3n) is 8.81. The van der Waals surface area contributed by atoms with Crippen LogP contribution in [0.1, 0.15) is 50.2 Å². The molecule has 0 fully saturated rings. The fraction of sp³-hybridized carbons (Fsp3) is 0.170. The summed E-state index contributed by atoms with van der Waals surface area (Å²) in [4.78, 5) is 13.8. The van der Waals surface area contributed by atoms with E-state index in [9.17, 15) is 0 Å². The zero-order chi connectivity index (χ0) is 41.5. The van der Waals surface area contributed by atoms with Crippen molar-refractivity contribution in [2.24, 2.45) is 0 Å². The van der Waals surface area contributed by atoms with Crippen molar-refractivity contribution < 1.29 is 32.7 Å². The van der Waals surface area contributed by atoms with E-state index in [2.05, 4.69) is 45.4 Å². The largest absolute Gasteiger partial charge is 0 e. The van der Waals surface area contributed by atoms with Gasteiger partial charge in [-0.05, 0) is 29.8 Å². The van der Waals surface area contributed by atoms with Crippen molar-refractivity contribution in [3.05, 3.63) is 168 Å². The quantitative estimate of drug-likeness (QED) is 0.118. The number of fused-ring (bicyclic) bond motifs is 3.